The van der Waals surface area contributed by atoms with E-state index in [1.807, 2.05) is 35.2 Å². The summed E-state index contributed by atoms with van der Waals surface area (Å²) in [5.41, 5.74) is -0.461. The molecule has 2 fully saturated rings. The molecule has 2 unspecified atom stereocenters. The van der Waals surface area contributed by atoms with Crippen molar-refractivity contribution in [2.75, 3.05) is 0 Å². The maximum atomic E-state index is 14.2. The molecule has 1 aliphatic carbocycles. The number of halogens is 3. The molecule has 3 aliphatic rings. The van der Waals surface area contributed by atoms with Crippen molar-refractivity contribution in [3.8, 4) is 5.75 Å². The van der Waals surface area contributed by atoms with Crippen LogP contribution >= 0.6 is 0 Å². The van der Waals surface area contributed by atoms with Gasteiger partial charge < -0.3 is 19.5 Å². The van der Waals surface area contributed by atoms with E-state index in [4.69, 9.17) is 4.74 Å². The van der Waals surface area contributed by atoms with E-state index in [-0.39, 0.29) is 53.1 Å². The molecule has 5 atom stereocenters. The number of hydrogen-bond donors (Lipinski definition) is 1. The highest BCUT2D eigenvalue weighted by Crippen LogP contribution is 2.56. The van der Waals surface area contributed by atoms with Crippen molar-refractivity contribution in [3.63, 3.8) is 0 Å². The molecule has 1 aromatic heterocycles. The fraction of sp³-hybridized carbons (Fsp3) is 0.387. The number of pyridine rings is 1. The number of rotatable bonds is 7. The van der Waals surface area contributed by atoms with Crippen molar-refractivity contribution in [2.24, 2.45) is 17.8 Å². The van der Waals surface area contributed by atoms with Crippen molar-refractivity contribution in [3.05, 3.63) is 98.7 Å². The number of benzene rings is 2. The van der Waals surface area contributed by atoms with Crippen LogP contribution in [-0.2, 0) is 19.7 Å². The highest BCUT2D eigenvalue weighted by Gasteiger charge is 2.58. The van der Waals surface area contributed by atoms with Crippen LogP contribution in [0, 0.1) is 35.2 Å². The van der Waals surface area contributed by atoms with Gasteiger partial charge in [-0.3, -0.25) is 14.4 Å². The van der Waals surface area contributed by atoms with Gasteiger partial charge in [-0.05, 0) is 42.2 Å². The number of fused-ring (bicyclic) bond motifs is 3. The van der Waals surface area contributed by atoms with E-state index >= 15 is 0 Å². The van der Waals surface area contributed by atoms with E-state index in [1.54, 1.807) is 4.57 Å². The van der Waals surface area contributed by atoms with Gasteiger partial charge in [0.25, 0.3) is 11.8 Å². The first-order valence-electron chi connectivity index (χ1n) is 13.9. The predicted octanol–water partition coefficient (Wildman–Crippen LogP) is 4.66. The molecule has 6 rings (SSSR count). The second kappa shape index (κ2) is 10.4. The van der Waals surface area contributed by atoms with Crippen molar-refractivity contribution in [1.29, 1.82) is 0 Å². The van der Waals surface area contributed by atoms with Gasteiger partial charge in [0, 0.05) is 37.0 Å². The monoisotopic (exact) mass is 565 g/mol. The molecule has 1 saturated carbocycles. The first-order valence-corrected chi connectivity index (χ1v) is 13.9. The second-order valence-electron chi connectivity index (χ2n) is 11.2. The molecule has 7 nitrogen and oxygen atoms in total. The number of nitrogens with one attached hydrogen (secondary N) is 1. The largest absolute Gasteiger partial charge is 0.483 e. The van der Waals surface area contributed by atoms with Gasteiger partial charge in [-0.2, -0.15) is 0 Å². The number of nitrogens with zero attached hydrogens (tertiary/aromatic N) is 2. The fourth-order valence-corrected chi connectivity index (χ4v) is 6.65. The zero-order chi connectivity index (χ0) is 29.0. The minimum Gasteiger partial charge on any atom is -0.483 e. The molecular formula is C31H30F3N3O4. The Bertz CT molecular complexity index is 1590. The number of amides is 2. The average Bonchev–Trinajstić information content (AvgIpc) is 3.76. The zero-order valence-corrected chi connectivity index (χ0v) is 22.7. The van der Waals surface area contributed by atoms with Crippen LogP contribution < -0.4 is 15.5 Å². The molecule has 214 valence electrons. The Morgan fingerprint density at radius 3 is 2.51 bits per heavy atom. The van der Waals surface area contributed by atoms with Gasteiger partial charge in [0.15, 0.2) is 23.1 Å². The van der Waals surface area contributed by atoms with E-state index in [2.05, 4.69) is 19.2 Å². The first-order chi connectivity index (χ1) is 19.7. The quantitative estimate of drug-likeness (QED) is 0.423. The van der Waals surface area contributed by atoms with Crippen LogP contribution in [0.25, 0.3) is 0 Å². The molecule has 1 saturated heterocycles. The topological polar surface area (TPSA) is 80.6 Å². The summed E-state index contributed by atoms with van der Waals surface area (Å²) in [4.78, 5) is 43.0. The Morgan fingerprint density at radius 2 is 1.78 bits per heavy atom. The van der Waals surface area contributed by atoms with Crippen LogP contribution in [-0.4, -0.2) is 33.4 Å². The summed E-state index contributed by atoms with van der Waals surface area (Å²) in [5.74, 6) is -3.75. The molecule has 2 amide bonds. The third-order valence-corrected chi connectivity index (χ3v) is 8.86. The number of ether oxygens (including phenoxy) is 1. The SMILES string of the molecule is CCC1[C@H]2C[C@H]2C(C)[C@@H]2Cn3cc(C(=O)NCc4cc(F)c(F)cc4F)c(=O)c(OCc4ccccc4)c3C(=O)N12. The molecule has 1 N–H and O–H groups in total. The molecule has 3 aromatic rings. The van der Waals surface area contributed by atoms with E-state index in [1.165, 1.54) is 6.20 Å². The summed E-state index contributed by atoms with van der Waals surface area (Å²) in [6, 6.07) is 10.2. The summed E-state index contributed by atoms with van der Waals surface area (Å²) in [5, 5.41) is 2.43. The lowest BCUT2D eigenvalue weighted by atomic mass is 9.83. The molecule has 41 heavy (non-hydrogen) atoms. The predicted molar refractivity (Wildman–Crippen MR) is 144 cm³/mol. The first kappa shape index (κ1) is 27.1. The van der Waals surface area contributed by atoms with Gasteiger partial charge in [0.2, 0.25) is 5.43 Å². The summed E-state index contributed by atoms with van der Waals surface area (Å²) in [6.45, 7) is 4.13. The van der Waals surface area contributed by atoms with Crippen molar-refractivity contribution < 1.29 is 27.5 Å². The lowest BCUT2D eigenvalue weighted by Crippen LogP contribution is -2.59. The van der Waals surface area contributed by atoms with Gasteiger partial charge in [-0.25, -0.2) is 13.2 Å². The highest BCUT2D eigenvalue weighted by atomic mass is 19.2. The van der Waals surface area contributed by atoms with Crippen LogP contribution in [0.3, 0.4) is 0 Å². The minimum absolute atomic E-state index is 0.00321. The molecule has 0 bridgehead atoms. The van der Waals surface area contributed by atoms with Crippen LogP contribution in [0.1, 0.15) is 58.7 Å². The van der Waals surface area contributed by atoms with Gasteiger partial charge in [0.1, 0.15) is 18.0 Å². The number of piperidine rings is 1. The van der Waals surface area contributed by atoms with E-state index < -0.39 is 35.3 Å². The molecule has 0 spiro atoms. The number of carbonyl (C=O) groups is 2. The van der Waals surface area contributed by atoms with Crippen LogP contribution in [0.4, 0.5) is 13.2 Å². The number of carbonyl (C=O) groups excluding carboxylic acids is 2. The summed E-state index contributed by atoms with van der Waals surface area (Å²) in [6.07, 6.45) is 3.23. The molecule has 0 radical (unpaired) electrons. The Hall–Kier alpha value is -4.08. The van der Waals surface area contributed by atoms with Crippen molar-refractivity contribution in [1.82, 2.24) is 14.8 Å². The lowest BCUT2D eigenvalue weighted by molar-refractivity contribution is 0.0106. The van der Waals surface area contributed by atoms with Crippen molar-refractivity contribution >= 4 is 11.8 Å². The Labute approximate surface area is 234 Å². The average molecular weight is 566 g/mol. The smallest absolute Gasteiger partial charge is 0.275 e. The maximum absolute atomic E-state index is 14.2. The number of hydrogen-bond acceptors (Lipinski definition) is 4. The molecule has 2 aliphatic heterocycles. The van der Waals surface area contributed by atoms with E-state index in [9.17, 15) is 27.6 Å². The van der Waals surface area contributed by atoms with E-state index in [0.29, 0.717) is 30.5 Å². The molecule has 3 heterocycles. The van der Waals surface area contributed by atoms with Gasteiger partial charge in [-0.1, -0.05) is 44.2 Å². The Morgan fingerprint density at radius 1 is 1.05 bits per heavy atom. The number of aromatic nitrogens is 1. The van der Waals surface area contributed by atoms with Crippen molar-refractivity contribution in [2.45, 2.75) is 58.5 Å². The van der Waals surface area contributed by atoms with Crippen LogP contribution in [0.15, 0.2) is 53.5 Å². The van der Waals surface area contributed by atoms with Gasteiger partial charge in [-0.15, -0.1) is 0 Å². The third kappa shape index (κ3) is 4.69. The van der Waals surface area contributed by atoms with Crippen LogP contribution in [0.2, 0.25) is 0 Å². The Kier molecular flexibility index (Phi) is 6.87. The van der Waals surface area contributed by atoms with Gasteiger partial charge in [0.05, 0.1) is 6.04 Å². The highest BCUT2D eigenvalue weighted by molar-refractivity contribution is 5.99. The second-order valence-corrected chi connectivity index (χ2v) is 11.2. The Balaban J connectivity index is 1.37. The zero-order valence-electron chi connectivity index (χ0n) is 22.7. The van der Waals surface area contributed by atoms with Gasteiger partial charge >= 0.3 is 0 Å². The lowest BCUT2D eigenvalue weighted by Gasteiger charge is -2.48. The molecule has 2 aromatic carbocycles. The summed E-state index contributed by atoms with van der Waals surface area (Å²) >= 11 is 0. The summed E-state index contributed by atoms with van der Waals surface area (Å²) < 4.78 is 48.8. The van der Waals surface area contributed by atoms with E-state index in [0.717, 1.165) is 18.4 Å². The fourth-order valence-electron chi connectivity index (χ4n) is 6.65. The molecular weight excluding hydrogens is 535 g/mol. The third-order valence-electron chi connectivity index (χ3n) is 8.86. The van der Waals surface area contributed by atoms with Crippen LogP contribution in [0.5, 0.6) is 5.75 Å². The standard InChI is InChI=1S/C31H30F3N3O4/c1-3-25-20-10-19(20)16(2)26-14-36-13-21(30(39)35-12-18-9-23(33)24(34)11-22(18)32)28(38)29(27(36)31(40)37(25)26)41-15-17-7-5-4-6-8-17/h4-9,11,13,16,19-20,25-26H,3,10,12,14-15H2,1-2H3,(H,35,39)/t16?,19-,20-,25?,26-/m0/s1. The molecule has 10 heteroatoms. The minimum atomic E-state index is -1.34. The normalized spacial score (nSPS) is 24.3. The summed E-state index contributed by atoms with van der Waals surface area (Å²) in [7, 11) is 0. The maximum Gasteiger partial charge on any atom is 0.275 e.